The Kier molecular flexibility index (Phi) is 3.19. The van der Waals surface area contributed by atoms with Crippen LogP contribution in [-0.4, -0.2) is 40.9 Å². The van der Waals surface area contributed by atoms with Crippen LogP contribution in [0.5, 0.6) is 0 Å². The zero-order valence-electron chi connectivity index (χ0n) is 9.73. The van der Waals surface area contributed by atoms with Crippen LogP contribution in [0.25, 0.3) is 0 Å². The van der Waals surface area contributed by atoms with E-state index >= 15 is 0 Å². The molecule has 0 bridgehead atoms. The highest BCUT2D eigenvalue weighted by atomic mass is 16.3. The number of β-amino-alcohol motifs (C(OH)–C–C–N with tert-alkyl or cyclic N) is 1. The van der Waals surface area contributed by atoms with Gasteiger partial charge in [-0.3, -0.25) is 4.79 Å². The van der Waals surface area contributed by atoms with Gasteiger partial charge in [-0.1, -0.05) is 27.7 Å². The fourth-order valence-corrected chi connectivity index (χ4v) is 1.85. The summed E-state index contributed by atoms with van der Waals surface area (Å²) in [5.41, 5.74) is -0.509. The smallest absolute Gasteiger partial charge is 0.228 e. The van der Waals surface area contributed by atoms with Crippen molar-refractivity contribution in [2.24, 2.45) is 11.3 Å². The lowest BCUT2D eigenvalue weighted by Crippen LogP contribution is -2.44. The number of nitrogens with zero attached hydrogens (tertiary/aromatic N) is 1. The van der Waals surface area contributed by atoms with Crippen LogP contribution in [0.1, 0.15) is 27.7 Å². The number of hydrogen-bond acceptors (Lipinski definition) is 3. The van der Waals surface area contributed by atoms with Gasteiger partial charge in [0.15, 0.2) is 0 Å². The highest BCUT2D eigenvalue weighted by Gasteiger charge is 2.43. The van der Waals surface area contributed by atoms with Gasteiger partial charge in [-0.25, -0.2) is 0 Å². The first-order chi connectivity index (χ1) is 6.79. The minimum atomic E-state index is -0.591. The summed E-state index contributed by atoms with van der Waals surface area (Å²) in [5.74, 6) is -0.253. The van der Waals surface area contributed by atoms with Gasteiger partial charge in [0.05, 0.1) is 12.1 Å². The van der Waals surface area contributed by atoms with Crippen LogP contribution in [0.4, 0.5) is 0 Å². The number of likely N-dealkylation sites (tertiary alicyclic amines) is 1. The Labute approximate surface area is 90.3 Å². The van der Waals surface area contributed by atoms with Crippen molar-refractivity contribution < 1.29 is 14.7 Å². The number of aldehydes is 1. The van der Waals surface area contributed by atoms with Gasteiger partial charge in [0.2, 0.25) is 5.91 Å². The SMILES string of the molecule is CC1[C@H](O)CN(C(=O)C(C)(C)C)[C@@H]1C=O. The first-order valence-corrected chi connectivity index (χ1v) is 5.23. The zero-order chi connectivity index (χ0) is 11.8. The number of hydrogen-bond donors (Lipinski definition) is 1. The molecule has 1 heterocycles. The van der Waals surface area contributed by atoms with E-state index in [1.54, 1.807) is 6.92 Å². The predicted octanol–water partition coefficient (Wildman–Crippen LogP) is 0.439. The number of rotatable bonds is 1. The van der Waals surface area contributed by atoms with E-state index in [-0.39, 0.29) is 18.4 Å². The average Bonchev–Trinajstić information content (AvgIpc) is 2.40. The van der Waals surface area contributed by atoms with E-state index in [1.165, 1.54) is 4.90 Å². The standard InChI is InChI=1S/C11H19NO3/c1-7-8(6-13)12(5-9(7)14)10(15)11(2,3)4/h6-9,14H,5H2,1-4H3/t7?,8-,9-/m1/s1. The molecule has 0 aromatic rings. The Morgan fingerprint density at radius 2 is 2.00 bits per heavy atom. The molecule has 1 aliphatic heterocycles. The molecule has 1 aliphatic rings. The molecule has 0 spiro atoms. The minimum Gasteiger partial charge on any atom is -0.391 e. The van der Waals surface area contributed by atoms with Gasteiger partial charge in [0, 0.05) is 17.9 Å². The molecular weight excluding hydrogens is 194 g/mol. The van der Waals surface area contributed by atoms with Crippen LogP contribution in [0.15, 0.2) is 0 Å². The molecule has 1 fully saturated rings. The molecule has 1 N–H and O–H groups in total. The van der Waals surface area contributed by atoms with E-state index in [1.807, 2.05) is 20.8 Å². The fraction of sp³-hybridized carbons (Fsp3) is 0.818. The molecule has 0 saturated carbocycles. The number of amides is 1. The molecule has 0 aromatic heterocycles. The molecule has 86 valence electrons. The Balaban J connectivity index is 2.88. The molecule has 15 heavy (non-hydrogen) atoms. The van der Waals surface area contributed by atoms with Crippen molar-refractivity contribution in [3.05, 3.63) is 0 Å². The van der Waals surface area contributed by atoms with Crippen LogP contribution >= 0.6 is 0 Å². The molecule has 1 rings (SSSR count). The van der Waals surface area contributed by atoms with Crippen molar-refractivity contribution in [1.29, 1.82) is 0 Å². The second-order valence-corrected chi connectivity index (χ2v) is 5.26. The number of aliphatic hydroxyl groups excluding tert-OH is 1. The summed E-state index contributed by atoms with van der Waals surface area (Å²) in [6.07, 6.45) is 0.163. The molecule has 0 radical (unpaired) electrons. The first kappa shape index (κ1) is 12.2. The Morgan fingerprint density at radius 1 is 1.47 bits per heavy atom. The van der Waals surface area contributed by atoms with Crippen molar-refractivity contribution in [2.75, 3.05) is 6.54 Å². The van der Waals surface area contributed by atoms with E-state index in [9.17, 15) is 14.7 Å². The maximum atomic E-state index is 12.0. The molecule has 0 aromatic carbocycles. The van der Waals surface area contributed by atoms with Crippen LogP contribution < -0.4 is 0 Å². The summed E-state index contributed by atoms with van der Waals surface area (Å²) in [4.78, 5) is 24.4. The van der Waals surface area contributed by atoms with Crippen molar-refractivity contribution in [1.82, 2.24) is 4.90 Å². The van der Waals surface area contributed by atoms with Crippen molar-refractivity contribution in [2.45, 2.75) is 39.8 Å². The monoisotopic (exact) mass is 213 g/mol. The van der Waals surface area contributed by atoms with Crippen molar-refractivity contribution >= 4 is 12.2 Å². The van der Waals surface area contributed by atoms with Crippen LogP contribution in [0, 0.1) is 11.3 Å². The van der Waals surface area contributed by atoms with Gasteiger partial charge in [-0.05, 0) is 0 Å². The van der Waals surface area contributed by atoms with E-state index in [0.717, 1.165) is 6.29 Å². The van der Waals surface area contributed by atoms with E-state index < -0.39 is 17.6 Å². The Hall–Kier alpha value is -0.900. The zero-order valence-corrected chi connectivity index (χ0v) is 9.73. The average molecular weight is 213 g/mol. The van der Waals surface area contributed by atoms with Gasteiger partial charge >= 0.3 is 0 Å². The highest BCUT2D eigenvalue weighted by Crippen LogP contribution is 2.28. The lowest BCUT2D eigenvalue weighted by Gasteiger charge is -2.28. The highest BCUT2D eigenvalue weighted by molar-refractivity contribution is 5.85. The molecule has 1 amide bonds. The summed E-state index contributed by atoms with van der Waals surface area (Å²) in [5, 5.41) is 9.63. The van der Waals surface area contributed by atoms with Crippen molar-refractivity contribution in [3.63, 3.8) is 0 Å². The summed E-state index contributed by atoms with van der Waals surface area (Å²) in [7, 11) is 0. The third-order valence-corrected chi connectivity index (χ3v) is 2.93. The van der Waals surface area contributed by atoms with Gasteiger partial charge in [-0.2, -0.15) is 0 Å². The number of aliphatic hydroxyl groups is 1. The molecule has 4 nitrogen and oxygen atoms in total. The Morgan fingerprint density at radius 3 is 2.40 bits per heavy atom. The second kappa shape index (κ2) is 3.93. The Bertz CT molecular complexity index is 269. The topological polar surface area (TPSA) is 57.6 Å². The fourth-order valence-electron chi connectivity index (χ4n) is 1.85. The second-order valence-electron chi connectivity index (χ2n) is 5.26. The summed E-state index contributed by atoms with van der Waals surface area (Å²) >= 11 is 0. The van der Waals surface area contributed by atoms with E-state index in [4.69, 9.17) is 0 Å². The molecule has 3 atom stereocenters. The van der Waals surface area contributed by atoms with Crippen LogP contribution in [-0.2, 0) is 9.59 Å². The third-order valence-electron chi connectivity index (χ3n) is 2.93. The largest absolute Gasteiger partial charge is 0.391 e. The van der Waals surface area contributed by atoms with E-state index in [2.05, 4.69) is 0 Å². The van der Waals surface area contributed by atoms with Crippen molar-refractivity contribution in [3.8, 4) is 0 Å². The summed E-state index contributed by atoms with van der Waals surface area (Å²) in [6, 6.07) is -0.480. The molecule has 4 heteroatoms. The lowest BCUT2D eigenvalue weighted by atomic mass is 9.94. The molecule has 0 aliphatic carbocycles. The predicted molar refractivity (Wildman–Crippen MR) is 56.2 cm³/mol. The van der Waals surface area contributed by atoms with Gasteiger partial charge in [0.25, 0.3) is 0 Å². The quantitative estimate of drug-likeness (QED) is 0.643. The molecule has 1 saturated heterocycles. The van der Waals surface area contributed by atoms with Crippen LogP contribution in [0.3, 0.4) is 0 Å². The van der Waals surface area contributed by atoms with Gasteiger partial charge in [0.1, 0.15) is 6.29 Å². The minimum absolute atomic E-state index is 0.0806. The first-order valence-electron chi connectivity index (χ1n) is 5.23. The number of carbonyl (C=O) groups is 2. The normalized spacial score (nSPS) is 31.8. The maximum Gasteiger partial charge on any atom is 0.228 e. The summed E-state index contributed by atoms with van der Waals surface area (Å²) in [6.45, 7) is 7.49. The van der Waals surface area contributed by atoms with Crippen LogP contribution in [0.2, 0.25) is 0 Å². The summed E-state index contributed by atoms with van der Waals surface area (Å²) < 4.78 is 0. The lowest BCUT2D eigenvalue weighted by molar-refractivity contribution is -0.142. The third kappa shape index (κ3) is 2.20. The number of carbonyl (C=O) groups excluding carboxylic acids is 2. The van der Waals surface area contributed by atoms with Gasteiger partial charge in [-0.15, -0.1) is 0 Å². The molecule has 1 unspecified atom stereocenters. The molecular formula is C11H19NO3. The van der Waals surface area contributed by atoms with Gasteiger partial charge < -0.3 is 14.8 Å². The maximum absolute atomic E-state index is 12.0. The van der Waals surface area contributed by atoms with E-state index in [0.29, 0.717) is 0 Å².